The van der Waals surface area contributed by atoms with E-state index < -0.39 is 0 Å². The minimum atomic E-state index is 0.478. The van der Waals surface area contributed by atoms with Gasteiger partial charge in [-0.3, -0.25) is 0 Å². The zero-order valence-corrected chi connectivity index (χ0v) is 11.8. The lowest BCUT2D eigenvalue weighted by molar-refractivity contribution is 1.24. The Bertz CT molecular complexity index is 571. The first-order valence-electron chi connectivity index (χ1n) is 5.60. The van der Waals surface area contributed by atoms with Gasteiger partial charge < -0.3 is 15.4 Å². The number of anilines is 2. The molecule has 0 unspecified atom stereocenters. The van der Waals surface area contributed by atoms with E-state index in [0.717, 1.165) is 21.8 Å². The molecule has 3 N–H and O–H groups in total. The number of rotatable bonds is 5. The second-order valence-corrected chi connectivity index (χ2v) is 4.95. The van der Waals surface area contributed by atoms with E-state index >= 15 is 0 Å². The van der Waals surface area contributed by atoms with E-state index in [-0.39, 0.29) is 0 Å². The number of aromatic nitrogens is 1. The van der Waals surface area contributed by atoms with Crippen LogP contribution in [0.25, 0.3) is 0 Å². The highest BCUT2D eigenvalue weighted by atomic mass is 35.5. The number of hydrogen-bond donors (Lipinski definition) is 3. The van der Waals surface area contributed by atoms with E-state index in [1.807, 2.05) is 31.3 Å². The van der Waals surface area contributed by atoms with Crippen molar-refractivity contribution in [3.8, 4) is 0 Å². The fourth-order valence-corrected chi connectivity index (χ4v) is 2.34. The molecular formula is C13H13ClN4S. The summed E-state index contributed by atoms with van der Waals surface area (Å²) in [5.41, 5.74) is 2.65. The molecular weight excluding hydrogens is 280 g/mol. The van der Waals surface area contributed by atoms with E-state index in [4.69, 9.17) is 17.0 Å². The summed E-state index contributed by atoms with van der Waals surface area (Å²) in [6.45, 7) is 0. The molecule has 1 heterocycles. The summed E-state index contributed by atoms with van der Waals surface area (Å²) in [5, 5.41) is 11.0. The average molecular weight is 293 g/mol. The van der Waals surface area contributed by atoms with Crippen LogP contribution in [0.1, 0.15) is 5.56 Å². The smallest absolute Gasteiger partial charge is 0.129 e. The number of halogens is 1. The summed E-state index contributed by atoms with van der Waals surface area (Å²) in [6, 6.07) is 9.39. The number of pyridine rings is 1. The molecule has 1 aromatic carbocycles. The van der Waals surface area contributed by atoms with Gasteiger partial charge >= 0.3 is 0 Å². The molecule has 0 spiro atoms. The second-order valence-electron chi connectivity index (χ2n) is 3.68. The SMILES string of the molecule is CNc1c(C=N)cccc1NSc1ccc(Cl)nc1. The molecule has 0 atom stereocenters. The van der Waals surface area contributed by atoms with Gasteiger partial charge in [-0.15, -0.1) is 0 Å². The molecule has 0 aliphatic carbocycles. The van der Waals surface area contributed by atoms with Gasteiger partial charge in [0.1, 0.15) is 5.15 Å². The van der Waals surface area contributed by atoms with Crippen molar-refractivity contribution in [2.75, 3.05) is 17.1 Å². The van der Waals surface area contributed by atoms with Crippen molar-refractivity contribution in [2.24, 2.45) is 0 Å². The zero-order valence-electron chi connectivity index (χ0n) is 10.3. The van der Waals surface area contributed by atoms with Crippen molar-refractivity contribution in [2.45, 2.75) is 4.90 Å². The van der Waals surface area contributed by atoms with Gasteiger partial charge in [0, 0.05) is 29.9 Å². The van der Waals surface area contributed by atoms with Gasteiger partial charge in [-0.2, -0.15) is 0 Å². The Labute approximate surface area is 121 Å². The fraction of sp³-hybridized carbons (Fsp3) is 0.0769. The molecule has 0 aliphatic heterocycles. The van der Waals surface area contributed by atoms with Crippen LogP contribution in [0.15, 0.2) is 41.4 Å². The summed E-state index contributed by atoms with van der Waals surface area (Å²) < 4.78 is 3.24. The lowest BCUT2D eigenvalue weighted by atomic mass is 10.1. The molecule has 0 amide bonds. The average Bonchev–Trinajstić information content (AvgIpc) is 2.46. The molecule has 0 fully saturated rings. The third-order valence-electron chi connectivity index (χ3n) is 2.48. The highest BCUT2D eigenvalue weighted by molar-refractivity contribution is 8.00. The number of benzene rings is 1. The lowest BCUT2D eigenvalue weighted by Gasteiger charge is -2.13. The second kappa shape index (κ2) is 6.45. The molecule has 2 aromatic rings. The predicted octanol–water partition coefficient (Wildman–Crippen LogP) is 3.89. The van der Waals surface area contributed by atoms with E-state index in [9.17, 15) is 0 Å². The van der Waals surface area contributed by atoms with Crippen LogP contribution in [-0.4, -0.2) is 18.2 Å². The van der Waals surface area contributed by atoms with E-state index in [1.165, 1.54) is 18.2 Å². The van der Waals surface area contributed by atoms with E-state index in [2.05, 4.69) is 15.0 Å². The molecule has 6 heteroatoms. The van der Waals surface area contributed by atoms with Crippen LogP contribution in [0, 0.1) is 5.41 Å². The summed E-state index contributed by atoms with van der Waals surface area (Å²) in [4.78, 5) is 4.99. The van der Waals surface area contributed by atoms with Crippen LogP contribution >= 0.6 is 23.5 Å². The summed E-state index contributed by atoms with van der Waals surface area (Å²) in [5.74, 6) is 0. The van der Waals surface area contributed by atoms with Crippen LogP contribution in [-0.2, 0) is 0 Å². The van der Waals surface area contributed by atoms with Gasteiger partial charge in [0.2, 0.25) is 0 Å². The standard InChI is InChI=1S/C13H13ClN4S/c1-16-13-9(7-15)3-2-4-11(13)18-19-10-5-6-12(14)17-8-10/h2-8,15-16,18H,1H3. The van der Waals surface area contributed by atoms with Crippen LogP contribution in [0.5, 0.6) is 0 Å². The summed E-state index contributed by atoms with van der Waals surface area (Å²) in [6.07, 6.45) is 3.03. The molecule has 0 bridgehead atoms. The van der Waals surface area contributed by atoms with Crippen molar-refractivity contribution in [1.29, 1.82) is 5.41 Å². The molecule has 98 valence electrons. The van der Waals surface area contributed by atoms with E-state index in [1.54, 1.807) is 12.3 Å². The Morgan fingerprint density at radius 2 is 2.16 bits per heavy atom. The van der Waals surface area contributed by atoms with Crippen molar-refractivity contribution >= 4 is 41.1 Å². The molecule has 1 aromatic heterocycles. The lowest BCUT2D eigenvalue weighted by Crippen LogP contribution is -1.99. The topological polar surface area (TPSA) is 60.8 Å². The van der Waals surface area contributed by atoms with Crippen molar-refractivity contribution in [3.05, 3.63) is 47.2 Å². The first kappa shape index (κ1) is 13.7. The van der Waals surface area contributed by atoms with Crippen LogP contribution in [0.4, 0.5) is 11.4 Å². The number of hydrogen-bond acceptors (Lipinski definition) is 5. The Morgan fingerprint density at radius 1 is 1.32 bits per heavy atom. The molecule has 2 rings (SSSR count). The summed E-state index contributed by atoms with van der Waals surface area (Å²) >= 11 is 7.19. The molecule has 4 nitrogen and oxygen atoms in total. The molecule has 0 radical (unpaired) electrons. The van der Waals surface area contributed by atoms with Gasteiger partial charge in [0.05, 0.1) is 11.4 Å². The number of nitrogens with one attached hydrogen (secondary N) is 3. The Morgan fingerprint density at radius 3 is 2.79 bits per heavy atom. The Hall–Kier alpha value is -1.72. The molecule has 19 heavy (non-hydrogen) atoms. The third kappa shape index (κ3) is 3.39. The molecule has 0 aliphatic rings. The predicted molar refractivity (Wildman–Crippen MR) is 82.6 cm³/mol. The zero-order chi connectivity index (χ0) is 13.7. The first-order valence-corrected chi connectivity index (χ1v) is 6.79. The van der Waals surface area contributed by atoms with Gasteiger partial charge in [0.25, 0.3) is 0 Å². The van der Waals surface area contributed by atoms with Crippen LogP contribution in [0.2, 0.25) is 5.15 Å². The first-order chi connectivity index (χ1) is 9.24. The largest absolute Gasteiger partial charge is 0.386 e. The van der Waals surface area contributed by atoms with Gasteiger partial charge in [0.15, 0.2) is 0 Å². The van der Waals surface area contributed by atoms with Gasteiger partial charge in [-0.25, -0.2) is 4.98 Å². The number of para-hydroxylation sites is 1. The highest BCUT2D eigenvalue weighted by Gasteiger charge is 2.05. The quantitative estimate of drug-likeness (QED) is 0.444. The van der Waals surface area contributed by atoms with Crippen molar-refractivity contribution in [1.82, 2.24) is 4.98 Å². The fourth-order valence-electron chi connectivity index (χ4n) is 1.59. The van der Waals surface area contributed by atoms with Crippen molar-refractivity contribution in [3.63, 3.8) is 0 Å². The van der Waals surface area contributed by atoms with Crippen LogP contribution < -0.4 is 10.0 Å². The third-order valence-corrected chi connectivity index (χ3v) is 3.50. The maximum atomic E-state index is 7.38. The molecule has 0 saturated heterocycles. The van der Waals surface area contributed by atoms with Crippen LogP contribution in [0.3, 0.4) is 0 Å². The Balaban J connectivity index is 2.15. The monoisotopic (exact) mass is 292 g/mol. The summed E-state index contributed by atoms with van der Waals surface area (Å²) in [7, 11) is 1.84. The Kier molecular flexibility index (Phi) is 4.65. The van der Waals surface area contributed by atoms with Gasteiger partial charge in [-0.05, 0) is 30.1 Å². The van der Waals surface area contributed by atoms with E-state index in [0.29, 0.717) is 5.15 Å². The van der Waals surface area contributed by atoms with Gasteiger partial charge in [-0.1, -0.05) is 23.7 Å². The van der Waals surface area contributed by atoms with Crippen molar-refractivity contribution < 1.29 is 0 Å². The minimum absolute atomic E-state index is 0.478. The molecule has 0 saturated carbocycles. The minimum Gasteiger partial charge on any atom is -0.386 e. The maximum absolute atomic E-state index is 7.38. The highest BCUT2D eigenvalue weighted by Crippen LogP contribution is 2.29. The number of nitrogens with zero attached hydrogens (tertiary/aromatic N) is 1. The normalized spacial score (nSPS) is 10.0. The maximum Gasteiger partial charge on any atom is 0.129 e.